The van der Waals surface area contributed by atoms with Crippen LogP contribution in [0, 0.1) is 11.3 Å². The van der Waals surface area contributed by atoms with E-state index < -0.39 is 7.92 Å². The molecule has 0 saturated carbocycles. The van der Waals surface area contributed by atoms with Gasteiger partial charge in [0, 0.05) is 6.42 Å². The van der Waals surface area contributed by atoms with Crippen LogP contribution in [0.4, 0.5) is 0 Å². The molecule has 20 heavy (non-hydrogen) atoms. The molecular formula is C18H18NP. The minimum absolute atomic E-state index is 0.533. The van der Waals surface area contributed by atoms with Gasteiger partial charge >= 0.3 is 0 Å². The summed E-state index contributed by atoms with van der Waals surface area (Å²) in [6, 6.07) is 23.3. The third kappa shape index (κ3) is 3.80. The Morgan fingerprint density at radius 1 is 0.950 bits per heavy atom. The van der Waals surface area contributed by atoms with Crippen LogP contribution < -0.4 is 10.6 Å². The number of rotatable bonds is 6. The maximum Gasteiger partial charge on any atom is 0.0621 e. The second-order valence-corrected chi connectivity index (χ2v) is 6.92. The van der Waals surface area contributed by atoms with Crippen molar-refractivity contribution in [3.05, 3.63) is 72.6 Å². The van der Waals surface area contributed by atoms with Gasteiger partial charge in [-0.25, -0.2) is 0 Å². The minimum Gasteiger partial charge on any atom is -0.198 e. The van der Waals surface area contributed by atoms with Crippen molar-refractivity contribution in [1.82, 2.24) is 0 Å². The van der Waals surface area contributed by atoms with Crippen LogP contribution in [-0.4, -0.2) is 0 Å². The monoisotopic (exact) mass is 279 g/mol. The van der Waals surface area contributed by atoms with Crippen LogP contribution in [-0.2, 0) is 0 Å². The molecule has 0 atom stereocenters. The third-order valence-electron chi connectivity index (χ3n) is 3.10. The summed E-state index contributed by atoms with van der Waals surface area (Å²) < 4.78 is 0. The quantitative estimate of drug-likeness (QED) is 0.570. The summed E-state index contributed by atoms with van der Waals surface area (Å²) in [5.41, 5.74) is 0. The number of allylic oxidation sites excluding steroid dienone is 1. The van der Waals surface area contributed by atoms with E-state index in [0.717, 1.165) is 12.8 Å². The van der Waals surface area contributed by atoms with Gasteiger partial charge in [0.25, 0.3) is 0 Å². The molecule has 100 valence electrons. The fraction of sp³-hybridized carbons (Fsp3) is 0.167. The molecule has 0 saturated heterocycles. The summed E-state index contributed by atoms with van der Waals surface area (Å²) in [4.78, 5) is 0. The highest BCUT2D eigenvalue weighted by molar-refractivity contribution is 7.76. The average Bonchev–Trinajstić information content (AvgIpc) is 2.50. The van der Waals surface area contributed by atoms with Crippen LogP contribution in [0.2, 0.25) is 0 Å². The van der Waals surface area contributed by atoms with Crippen molar-refractivity contribution < 1.29 is 0 Å². The Hall–Kier alpha value is -1.90. The largest absolute Gasteiger partial charge is 0.198 e. The first kappa shape index (κ1) is 14.5. The maximum atomic E-state index is 8.68. The van der Waals surface area contributed by atoms with E-state index in [4.69, 9.17) is 5.26 Å². The molecule has 0 amide bonds. The van der Waals surface area contributed by atoms with Gasteiger partial charge in [-0.3, -0.25) is 0 Å². The molecule has 0 bridgehead atoms. The molecular weight excluding hydrogens is 261 g/mol. The van der Waals surface area contributed by atoms with Gasteiger partial charge in [-0.1, -0.05) is 67.2 Å². The van der Waals surface area contributed by atoms with Gasteiger partial charge in [-0.15, -0.1) is 0 Å². The molecule has 0 N–H and O–H groups in total. The summed E-state index contributed by atoms with van der Waals surface area (Å²) in [5.74, 6) is 0. The van der Waals surface area contributed by atoms with E-state index in [2.05, 4.69) is 61.2 Å². The Morgan fingerprint density at radius 2 is 1.45 bits per heavy atom. The number of nitrogens with zero attached hydrogens (tertiary/aromatic N) is 1. The number of hydrogen-bond donors (Lipinski definition) is 0. The summed E-state index contributed by atoms with van der Waals surface area (Å²) in [5, 5.41) is 12.6. The van der Waals surface area contributed by atoms with E-state index in [1.807, 2.05) is 12.1 Å². The number of unbranched alkanes of at least 4 members (excludes halogenated alkanes) is 1. The first-order valence-electron chi connectivity index (χ1n) is 6.78. The van der Waals surface area contributed by atoms with Crippen LogP contribution in [0.1, 0.15) is 19.3 Å². The first-order chi connectivity index (χ1) is 9.83. The lowest BCUT2D eigenvalue weighted by atomic mass is 10.2. The van der Waals surface area contributed by atoms with Crippen molar-refractivity contribution in [2.75, 3.05) is 0 Å². The van der Waals surface area contributed by atoms with Crippen LogP contribution in [0.3, 0.4) is 0 Å². The molecule has 0 unspecified atom stereocenters. The van der Waals surface area contributed by atoms with E-state index in [1.54, 1.807) is 0 Å². The third-order valence-corrected chi connectivity index (χ3v) is 5.58. The van der Waals surface area contributed by atoms with E-state index in [1.165, 1.54) is 15.9 Å². The van der Waals surface area contributed by atoms with Gasteiger partial charge in [-0.2, -0.15) is 5.26 Å². The van der Waals surface area contributed by atoms with Crippen molar-refractivity contribution >= 4 is 18.5 Å². The highest BCUT2D eigenvalue weighted by atomic mass is 31.1. The van der Waals surface area contributed by atoms with Crippen LogP contribution in [0.5, 0.6) is 0 Å². The Morgan fingerprint density at radius 3 is 1.90 bits per heavy atom. The zero-order chi connectivity index (χ0) is 14.2. The Kier molecular flexibility index (Phi) is 5.54. The zero-order valence-electron chi connectivity index (χ0n) is 11.5. The number of hydrogen-bond acceptors (Lipinski definition) is 1. The highest BCUT2D eigenvalue weighted by Crippen LogP contribution is 2.43. The van der Waals surface area contributed by atoms with E-state index in [9.17, 15) is 0 Å². The predicted molar refractivity (Wildman–Crippen MR) is 87.7 cm³/mol. The lowest BCUT2D eigenvalue weighted by Crippen LogP contribution is -2.12. The molecule has 0 aliphatic carbocycles. The molecule has 0 spiro atoms. The maximum absolute atomic E-state index is 8.68. The second kappa shape index (κ2) is 7.63. The van der Waals surface area contributed by atoms with Crippen molar-refractivity contribution in [3.8, 4) is 6.07 Å². The molecule has 2 aromatic carbocycles. The molecule has 0 aromatic heterocycles. The fourth-order valence-electron chi connectivity index (χ4n) is 2.15. The molecule has 0 heterocycles. The summed E-state index contributed by atoms with van der Waals surface area (Å²) in [6.45, 7) is 4.30. The van der Waals surface area contributed by atoms with Gasteiger partial charge in [-0.05, 0) is 36.7 Å². The summed E-state index contributed by atoms with van der Waals surface area (Å²) >= 11 is 0. The standard InChI is InChI=1S/C18H18NP/c1-16(10-8-9-15-19)20(17-11-4-2-5-12-17)18-13-6-3-7-14-18/h2-7,11-14H,1,8-10H2. The molecule has 0 fully saturated rings. The van der Waals surface area contributed by atoms with Crippen molar-refractivity contribution in [1.29, 1.82) is 5.26 Å². The Balaban J connectivity index is 2.26. The average molecular weight is 279 g/mol. The molecule has 2 rings (SSSR count). The zero-order valence-corrected chi connectivity index (χ0v) is 12.4. The van der Waals surface area contributed by atoms with E-state index >= 15 is 0 Å². The lowest BCUT2D eigenvalue weighted by molar-refractivity contribution is 0.869. The van der Waals surface area contributed by atoms with Gasteiger partial charge < -0.3 is 0 Å². The van der Waals surface area contributed by atoms with Crippen molar-refractivity contribution in [2.45, 2.75) is 19.3 Å². The van der Waals surface area contributed by atoms with Crippen LogP contribution in [0.25, 0.3) is 0 Å². The van der Waals surface area contributed by atoms with Crippen LogP contribution >= 0.6 is 7.92 Å². The van der Waals surface area contributed by atoms with Crippen LogP contribution in [0.15, 0.2) is 72.6 Å². The molecule has 0 aliphatic heterocycles. The smallest absolute Gasteiger partial charge is 0.0621 e. The molecule has 2 heteroatoms. The van der Waals surface area contributed by atoms with E-state index in [-0.39, 0.29) is 0 Å². The number of nitriles is 1. The highest BCUT2D eigenvalue weighted by Gasteiger charge is 2.16. The minimum atomic E-state index is -0.533. The van der Waals surface area contributed by atoms with Gasteiger partial charge in [0.05, 0.1) is 6.07 Å². The van der Waals surface area contributed by atoms with Gasteiger partial charge in [0.2, 0.25) is 0 Å². The number of benzene rings is 2. The topological polar surface area (TPSA) is 23.8 Å². The SMILES string of the molecule is C=C(CCCC#N)P(c1ccccc1)c1ccccc1. The first-order valence-corrected chi connectivity index (χ1v) is 8.12. The molecule has 1 nitrogen and oxygen atoms in total. The fourth-order valence-corrected chi connectivity index (χ4v) is 4.50. The molecule has 2 aromatic rings. The molecule has 0 radical (unpaired) electrons. The second-order valence-electron chi connectivity index (χ2n) is 4.58. The summed E-state index contributed by atoms with van der Waals surface area (Å²) in [6.07, 6.45) is 2.42. The van der Waals surface area contributed by atoms with Gasteiger partial charge in [0.15, 0.2) is 0 Å². The predicted octanol–water partition coefficient (Wildman–Crippen LogP) is 4.33. The van der Waals surface area contributed by atoms with Gasteiger partial charge in [0.1, 0.15) is 0 Å². The molecule has 0 aliphatic rings. The van der Waals surface area contributed by atoms with Crippen molar-refractivity contribution in [3.63, 3.8) is 0 Å². The van der Waals surface area contributed by atoms with E-state index in [0.29, 0.717) is 6.42 Å². The van der Waals surface area contributed by atoms with Crippen molar-refractivity contribution in [2.24, 2.45) is 0 Å². The normalized spacial score (nSPS) is 10.2. The lowest BCUT2D eigenvalue weighted by Gasteiger charge is -2.21. The summed E-state index contributed by atoms with van der Waals surface area (Å²) in [7, 11) is -0.533. The Bertz CT molecular complexity index is 544. The Labute approximate surface area is 122 Å².